The predicted octanol–water partition coefficient (Wildman–Crippen LogP) is 1.34. The largest absolute Gasteiger partial charge is 0.348 e. The van der Waals surface area contributed by atoms with E-state index in [1.54, 1.807) is 6.92 Å². The fraction of sp³-hybridized carbons (Fsp3) is 0.364. The maximum atomic E-state index is 13.7. The Kier molecular flexibility index (Phi) is 4.87. The Balaban J connectivity index is 3.13. The number of nitrogens with one attached hydrogen (secondary N) is 1. The van der Waals surface area contributed by atoms with Gasteiger partial charge < -0.3 is 11.1 Å². The van der Waals surface area contributed by atoms with Gasteiger partial charge in [-0.3, -0.25) is 14.9 Å². The Morgan fingerprint density at radius 1 is 1.53 bits per heavy atom. The summed E-state index contributed by atoms with van der Waals surface area (Å²) in [5.74, 6) is -3.35. The molecule has 104 valence electrons. The number of nitro benzene ring substituents is 1. The van der Waals surface area contributed by atoms with Gasteiger partial charge in [0.05, 0.1) is 16.6 Å². The molecule has 0 fully saturated rings. The smallest absolute Gasteiger partial charge is 0.308 e. The molecule has 0 heterocycles. The summed E-state index contributed by atoms with van der Waals surface area (Å²) in [6, 6.07) is 0.627. The van der Waals surface area contributed by atoms with Crippen LogP contribution in [0.15, 0.2) is 12.1 Å². The molecule has 6 nitrogen and oxygen atoms in total. The van der Waals surface area contributed by atoms with Crippen LogP contribution in [0.2, 0.25) is 0 Å². The second kappa shape index (κ2) is 6.19. The first-order valence-corrected chi connectivity index (χ1v) is 5.55. The molecule has 0 aromatic heterocycles. The minimum Gasteiger partial charge on any atom is -0.348 e. The van der Waals surface area contributed by atoms with E-state index in [9.17, 15) is 23.7 Å². The van der Waals surface area contributed by atoms with Gasteiger partial charge >= 0.3 is 5.69 Å². The highest BCUT2D eigenvalue weighted by Gasteiger charge is 2.24. The quantitative estimate of drug-likeness (QED) is 0.624. The molecule has 8 heteroatoms. The maximum absolute atomic E-state index is 13.7. The van der Waals surface area contributed by atoms with E-state index in [4.69, 9.17) is 5.73 Å². The molecule has 1 aromatic rings. The third-order valence-corrected chi connectivity index (χ3v) is 2.57. The Labute approximate surface area is 107 Å². The van der Waals surface area contributed by atoms with Gasteiger partial charge in [-0.05, 0) is 12.5 Å². The number of benzene rings is 1. The normalized spacial score (nSPS) is 12.0. The van der Waals surface area contributed by atoms with E-state index in [0.717, 1.165) is 0 Å². The van der Waals surface area contributed by atoms with Crippen LogP contribution < -0.4 is 11.1 Å². The number of carbonyl (C=O) groups excluding carboxylic acids is 1. The number of nitrogens with two attached hydrogens (primary N) is 1. The highest BCUT2D eigenvalue weighted by atomic mass is 19.1. The first-order valence-electron chi connectivity index (χ1n) is 5.55. The first kappa shape index (κ1) is 15.0. The Bertz CT molecular complexity index is 504. The van der Waals surface area contributed by atoms with Crippen molar-refractivity contribution in [1.29, 1.82) is 0 Å². The van der Waals surface area contributed by atoms with Gasteiger partial charge in [0.1, 0.15) is 5.82 Å². The van der Waals surface area contributed by atoms with Crippen molar-refractivity contribution in [2.24, 2.45) is 5.73 Å². The van der Waals surface area contributed by atoms with Gasteiger partial charge in [0.15, 0.2) is 0 Å². The topological polar surface area (TPSA) is 98.3 Å². The van der Waals surface area contributed by atoms with Crippen LogP contribution in [0, 0.1) is 21.7 Å². The van der Waals surface area contributed by atoms with Crippen molar-refractivity contribution in [2.75, 3.05) is 6.54 Å². The summed E-state index contributed by atoms with van der Waals surface area (Å²) in [6.07, 6.45) is 0.501. The monoisotopic (exact) mass is 273 g/mol. The van der Waals surface area contributed by atoms with Crippen LogP contribution in [-0.4, -0.2) is 23.4 Å². The van der Waals surface area contributed by atoms with Crippen LogP contribution in [0.5, 0.6) is 0 Å². The lowest BCUT2D eigenvalue weighted by Crippen LogP contribution is -2.40. The summed E-state index contributed by atoms with van der Waals surface area (Å²) in [5, 5.41) is 12.9. The Morgan fingerprint density at radius 2 is 2.16 bits per heavy atom. The molecule has 0 radical (unpaired) electrons. The van der Waals surface area contributed by atoms with Gasteiger partial charge in [0.25, 0.3) is 5.91 Å². The van der Waals surface area contributed by atoms with E-state index in [1.165, 1.54) is 0 Å². The second-order valence-corrected chi connectivity index (χ2v) is 3.86. The lowest BCUT2D eigenvalue weighted by Gasteiger charge is -2.14. The van der Waals surface area contributed by atoms with Crippen molar-refractivity contribution in [3.05, 3.63) is 39.4 Å². The summed E-state index contributed by atoms with van der Waals surface area (Å²) < 4.78 is 26.9. The molecule has 1 aromatic carbocycles. The molecule has 1 atom stereocenters. The van der Waals surface area contributed by atoms with Crippen molar-refractivity contribution >= 4 is 11.6 Å². The molecular weight excluding hydrogens is 260 g/mol. The zero-order valence-electron chi connectivity index (χ0n) is 10.2. The van der Waals surface area contributed by atoms with Crippen molar-refractivity contribution in [3.8, 4) is 0 Å². The van der Waals surface area contributed by atoms with Gasteiger partial charge in [0, 0.05) is 12.6 Å². The molecule has 0 spiro atoms. The van der Waals surface area contributed by atoms with E-state index in [2.05, 4.69) is 5.32 Å². The molecule has 1 amide bonds. The van der Waals surface area contributed by atoms with Crippen molar-refractivity contribution in [2.45, 2.75) is 19.4 Å². The molecule has 0 aliphatic rings. The Morgan fingerprint density at radius 3 is 2.63 bits per heavy atom. The maximum Gasteiger partial charge on any atom is 0.308 e. The van der Waals surface area contributed by atoms with Crippen LogP contribution in [0.1, 0.15) is 23.7 Å². The summed E-state index contributed by atoms with van der Waals surface area (Å²) in [4.78, 5) is 21.2. The first-order chi connectivity index (χ1) is 8.90. The summed E-state index contributed by atoms with van der Waals surface area (Å²) in [5.41, 5.74) is 3.58. The van der Waals surface area contributed by atoms with Crippen LogP contribution in [0.3, 0.4) is 0 Å². The fourth-order valence-corrected chi connectivity index (χ4v) is 1.46. The molecule has 0 saturated heterocycles. The summed E-state index contributed by atoms with van der Waals surface area (Å²) in [6.45, 7) is 1.88. The number of nitrogens with zero attached hydrogens (tertiary/aromatic N) is 1. The molecule has 0 aliphatic carbocycles. The van der Waals surface area contributed by atoms with Crippen LogP contribution >= 0.6 is 0 Å². The predicted molar refractivity (Wildman–Crippen MR) is 63.6 cm³/mol. The van der Waals surface area contributed by atoms with E-state index in [0.29, 0.717) is 18.6 Å². The number of rotatable bonds is 5. The van der Waals surface area contributed by atoms with Crippen molar-refractivity contribution in [3.63, 3.8) is 0 Å². The number of nitro groups is 1. The highest BCUT2D eigenvalue weighted by Crippen LogP contribution is 2.22. The van der Waals surface area contributed by atoms with Crippen LogP contribution in [-0.2, 0) is 0 Å². The second-order valence-electron chi connectivity index (χ2n) is 3.86. The number of amides is 1. The summed E-state index contributed by atoms with van der Waals surface area (Å²) >= 11 is 0. The third kappa shape index (κ3) is 3.44. The van der Waals surface area contributed by atoms with Crippen LogP contribution in [0.25, 0.3) is 0 Å². The SMILES string of the molecule is CCC(CN)NC(=O)c1cc(F)cc([N+](=O)[O-])c1F. The van der Waals surface area contributed by atoms with E-state index < -0.39 is 39.8 Å². The van der Waals surface area contributed by atoms with E-state index in [-0.39, 0.29) is 6.54 Å². The minimum absolute atomic E-state index is 0.126. The molecular formula is C11H13F2N3O3. The van der Waals surface area contributed by atoms with Gasteiger partial charge in [-0.1, -0.05) is 6.92 Å². The Hall–Kier alpha value is -2.09. The fourth-order valence-electron chi connectivity index (χ4n) is 1.46. The summed E-state index contributed by atoms with van der Waals surface area (Å²) in [7, 11) is 0. The molecule has 3 N–H and O–H groups in total. The van der Waals surface area contributed by atoms with Crippen LogP contribution in [0.4, 0.5) is 14.5 Å². The molecule has 1 rings (SSSR count). The standard InChI is InChI=1S/C11H13F2N3O3/c1-2-7(5-14)15-11(17)8-3-6(12)4-9(10(8)13)16(18)19/h3-4,7H,2,5,14H2,1H3,(H,15,17). The number of hydrogen-bond acceptors (Lipinski definition) is 4. The zero-order chi connectivity index (χ0) is 14.6. The zero-order valence-corrected chi connectivity index (χ0v) is 10.2. The third-order valence-electron chi connectivity index (χ3n) is 2.57. The number of halogens is 2. The average Bonchev–Trinajstić information content (AvgIpc) is 2.37. The molecule has 0 saturated carbocycles. The van der Waals surface area contributed by atoms with Gasteiger partial charge in [-0.2, -0.15) is 4.39 Å². The minimum atomic E-state index is -1.37. The van der Waals surface area contributed by atoms with Gasteiger partial charge in [-0.25, -0.2) is 4.39 Å². The molecule has 0 bridgehead atoms. The van der Waals surface area contributed by atoms with E-state index >= 15 is 0 Å². The lowest BCUT2D eigenvalue weighted by molar-refractivity contribution is -0.387. The number of hydrogen-bond donors (Lipinski definition) is 2. The molecule has 1 unspecified atom stereocenters. The average molecular weight is 273 g/mol. The van der Waals surface area contributed by atoms with Gasteiger partial charge in [-0.15, -0.1) is 0 Å². The number of carbonyl (C=O) groups is 1. The molecule has 19 heavy (non-hydrogen) atoms. The van der Waals surface area contributed by atoms with E-state index in [1.807, 2.05) is 0 Å². The van der Waals surface area contributed by atoms with Gasteiger partial charge in [0.2, 0.25) is 5.82 Å². The molecule has 0 aliphatic heterocycles. The van der Waals surface area contributed by atoms with Crippen molar-refractivity contribution < 1.29 is 18.5 Å². The lowest BCUT2D eigenvalue weighted by atomic mass is 10.1. The van der Waals surface area contributed by atoms with Crippen molar-refractivity contribution in [1.82, 2.24) is 5.32 Å². The highest BCUT2D eigenvalue weighted by molar-refractivity contribution is 5.95.